The van der Waals surface area contributed by atoms with Gasteiger partial charge in [-0.2, -0.15) is 5.26 Å². The van der Waals surface area contributed by atoms with Crippen molar-refractivity contribution in [3.8, 4) is 17.3 Å². The van der Waals surface area contributed by atoms with Gasteiger partial charge in [-0.1, -0.05) is 26.8 Å². The minimum absolute atomic E-state index is 0.522. The van der Waals surface area contributed by atoms with Crippen LogP contribution in [0, 0.1) is 23.7 Å². The van der Waals surface area contributed by atoms with Crippen molar-refractivity contribution < 1.29 is 5.11 Å². The van der Waals surface area contributed by atoms with Crippen molar-refractivity contribution in [1.82, 2.24) is 19.9 Å². The zero-order valence-corrected chi connectivity index (χ0v) is 18.3. The van der Waals surface area contributed by atoms with Crippen LogP contribution in [0.2, 0.25) is 0 Å². The Labute approximate surface area is 177 Å². The molecule has 154 valence electrons. The third-order valence-electron chi connectivity index (χ3n) is 5.55. The summed E-state index contributed by atoms with van der Waals surface area (Å²) in [4.78, 5) is 17.3. The zero-order valence-electron chi connectivity index (χ0n) is 18.3. The second-order valence-electron chi connectivity index (χ2n) is 9.15. The molecule has 1 N–H and O–H groups in total. The highest BCUT2D eigenvalue weighted by molar-refractivity contribution is 5.62. The van der Waals surface area contributed by atoms with Gasteiger partial charge in [-0.15, -0.1) is 0 Å². The second kappa shape index (κ2) is 7.58. The third kappa shape index (κ3) is 3.69. The number of pyridine rings is 2. The molecule has 30 heavy (non-hydrogen) atoms. The Morgan fingerprint density at radius 2 is 1.57 bits per heavy atom. The second-order valence-corrected chi connectivity index (χ2v) is 9.15. The van der Waals surface area contributed by atoms with Crippen molar-refractivity contribution in [1.29, 1.82) is 5.26 Å². The normalized spacial score (nSPS) is 14.1. The van der Waals surface area contributed by atoms with Gasteiger partial charge in [0, 0.05) is 41.3 Å². The van der Waals surface area contributed by atoms with Crippen LogP contribution < -0.4 is 0 Å². The third-order valence-corrected chi connectivity index (χ3v) is 5.55. The summed E-state index contributed by atoms with van der Waals surface area (Å²) < 4.78 is 0. The van der Waals surface area contributed by atoms with Crippen LogP contribution in [0.3, 0.4) is 0 Å². The van der Waals surface area contributed by atoms with Crippen molar-refractivity contribution in [2.75, 3.05) is 0 Å². The van der Waals surface area contributed by atoms with Crippen molar-refractivity contribution in [3.63, 3.8) is 0 Å². The summed E-state index contributed by atoms with van der Waals surface area (Å²) in [5.41, 5.74) is 2.12. The lowest BCUT2D eigenvalue weighted by atomic mass is 9.71. The Kier molecular flexibility index (Phi) is 5.44. The summed E-state index contributed by atoms with van der Waals surface area (Å²) in [5, 5.41) is 21.0. The molecule has 0 fully saturated rings. The van der Waals surface area contributed by atoms with E-state index in [0.29, 0.717) is 11.3 Å². The number of hydrogen-bond acceptors (Lipinski definition) is 6. The van der Waals surface area contributed by atoms with Gasteiger partial charge in [-0.05, 0) is 44.0 Å². The SMILES string of the molecule is Cc1cc(C(C)(C)C#N)cnc1-c1ccc(C(O)(c2cncnc2)C(C)(C)C)nc1. The Bertz CT molecular complexity index is 1080. The molecule has 0 saturated heterocycles. The molecule has 0 aliphatic carbocycles. The first-order chi connectivity index (χ1) is 14.0. The van der Waals surface area contributed by atoms with E-state index in [9.17, 15) is 10.4 Å². The Balaban J connectivity index is 2.03. The Hall–Kier alpha value is -3.17. The van der Waals surface area contributed by atoms with Crippen molar-refractivity contribution in [3.05, 3.63) is 71.7 Å². The average molecular weight is 402 g/mol. The van der Waals surface area contributed by atoms with Crippen LogP contribution in [-0.4, -0.2) is 25.0 Å². The predicted octanol–water partition coefficient (Wildman–Crippen LogP) is 4.33. The first-order valence-electron chi connectivity index (χ1n) is 9.84. The van der Waals surface area contributed by atoms with E-state index < -0.39 is 16.4 Å². The molecule has 3 aromatic rings. The lowest BCUT2D eigenvalue weighted by Gasteiger charge is -2.39. The summed E-state index contributed by atoms with van der Waals surface area (Å²) in [6.07, 6.45) is 8.14. The molecule has 0 aliphatic heterocycles. The first-order valence-corrected chi connectivity index (χ1v) is 9.84. The van der Waals surface area contributed by atoms with Gasteiger partial charge in [-0.25, -0.2) is 9.97 Å². The van der Waals surface area contributed by atoms with E-state index in [2.05, 4.69) is 26.0 Å². The fourth-order valence-electron chi connectivity index (χ4n) is 3.48. The van der Waals surface area contributed by atoms with Crippen LogP contribution in [0.5, 0.6) is 0 Å². The van der Waals surface area contributed by atoms with E-state index in [4.69, 9.17) is 0 Å². The van der Waals surface area contributed by atoms with Gasteiger partial charge in [-0.3, -0.25) is 9.97 Å². The fourth-order valence-corrected chi connectivity index (χ4v) is 3.48. The first kappa shape index (κ1) is 21.5. The number of hydrogen-bond donors (Lipinski definition) is 1. The van der Waals surface area contributed by atoms with Crippen molar-refractivity contribution in [2.24, 2.45) is 5.41 Å². The Morgan fingerprint density at radius 1 is 0.900 bits per heavy atom. The maximum absolute atomic E-state index is 11.7. The minimum Gasteiger partial charge on any atom is -0.378 e. The molecular formula is C24H27N5O. The summed E-state index contributed by atoms with van der Waals surface area (Å²) in [7, 11) is 0. The van der Waals surface area contributed by atoms with Gasteiger partial charge in [0.15, 0.2) is 0 Å². The van der Waals surface area contributed by atoms with Crippen LogP contribution in [-0.2, 0) is 11.0 Å². The molecule has 1 unspecified atom stereocenters. The maximum Gasteiger partial charge on any atom is 0.139 e. The monoisotopic (exact) mass is 401 g/mol. The smallest absolute Gasteiger partial charge is 0.139 e. The molecule has 0 spiro atoms. The summed E-state index contributed by atoms with van der Waals surface area (Å²) in [5.74, 6) is 0. The van der Waals surface area contributed by atoms with E-state index in [0.717, 1.165) is 22.4 Å². The van der Waals surface area contributed by atoms with Crippen LogP contribution >= 0.6 is 0 Å². The summed E-state index contributed by atoms with van der Waals surface area (Å²) >= 11 is 0. The number of nitrogens with zero attached hydrogens (tertiary/aromatic N) is 5. The molecule has 0 radical (unpaired) electrons. The van der Waals surface area contributed by atoms with Gasteiger partial charge in [0.25, 0.3) is 0 Å². The van der Waals surface area contributed by atoms with Gasteiger partial charge < -0.3 is 5.11 Å². The Morgan fingerprint density at radius 3 is 2.07 bits per heavy atom. The van der Waals surface area contributed by atoms with Gasteiger partial charge in [0.1, 0.15) is 11.9 Å². The van der Waals surface area contributed by atoms with Gasteiger partial charge >= 0.3 is 0 Å². The van der Waals surface area contributed by atoms with Crippen LogP contribution in [0.25, 0.3) is 11.3 Å². The van der Waals surface area contributed by atoms with E-state index in [1.165, 1.54) is 6.33 Å². The molecule has 0 aliphatic rings. The van der Waals surface area contributed by atoms with E-state index in [-0.39, 0.29) is 0 Å². The molecule has 6 nitrogen and oxygen atoms in total. The number of aryl methyl sites for hydroxylation is 1. The molecule has 1 atom stereocenters. The van der Waals surface area contributed by atoms with Crippen molar-refractivity contribution in [2.45, 2.75) is 52.6 Å². The molecular weight excluding hydrogens is 374 g/mol. The van der Waals surface area contributed by atoms with Crippen molar-refractivity contribution >= 4 is 0 Å². The average Bonchev–Trinajstić information content (AvgIpc) is 2.73. The van der Waals surface area contributed by atoms with Crippen LogP contribution in [0.4, 0.5) is 0 Å². The molecule has 6 heteroatoms. The summed E-state index contributed by atoms with van der Waals surface area (Å²) in [6.45, 7) is 11.6. The fraction of sp³-hybridized carbons (Fsp3) is 0.375. The highest BCUT2D eigenvalue weighted by Crippen LogP contribution is 2.43. The molecule has 3 heterocycles. The highest BCUT2D eigenvalue weighted by atomic mass is 16.3. The van der Waals surface area contributed by atoms with Gasteiger partial charge in [0.05, 0.1) is 22.9 Å². The molecule has 0 bridgehead atoms. The quantitative estimate of drug-likeness (QED) is 0.699. The standard InChI is InChI=1S/C24H27N5O/c1-16-9-18(23(5,6)14-25)13-29-21(16)17-7-8-20(28-10-17)24(30,22(2,3)4)19-11-26-15-27-12-19/h7-13,15,30H,1-6H3. The molecule has 0 saturated carbocycles. The van der Waals surface area contributed by atoms with Crippen LogP contribution in [0.1, 0.15) is 57.0 Å². The number of aromatic nitrogens is 4. The number of rotatable bonds is 4. The number of nitriles is 1. The molecule has 0 amide bonds. The molecule has 0 aromatic carbocycles. The lowest BCUT2D eigenvalue weighted by Crippen LogP contribution is -2.42. The largest absolute Gasteiger partial charge is 0.378 e. The predicted molar refractivity (Wildman–Crippen MR) is 115 cm³/mol. The van der Waals surface area contributed by atoms with Gasteiger partial charge in [0.2, 0.25) is 0 Å². The van der Waals surface area contributed by atoms with Crippen LogP contribution in [0.15, 0.2) is 49.3 Å². The van der Waals surface area contributed by atoms with E-state index in [1.807, 2.05) is 59.7 Å². The van der Waals surface area contributed by atoms with E-state index in [1.54, 1.807) is 24.8 Å². The molecule has 3 rings (SSSR count). The maximum atomic E-state index is 11.7. The highest BCUT2D eigenvalue weighted by Gasteiger charge is 2.45. The minimum atomic E-state index is -1.35. The summed E-state index contributed by atoms with van der Waals surface area (Å²) in [6, 6.07) is 8.03. The topological polar surface area (TPSA) is 95.6 Å². The zero-order chi connectivity index (χ0) is 22.2. The van der Waals surface area contributed by atoms with E-state index >= 15 is 0 Å². The lowest BCUT2D eigenvalue weighted by molar-refractivity contribution is -0.0301. The number of aliphatic hydroxyl groups is 1. The molecule has 3 aromatic heterocycles.